The van der Waals surface area contributed by atoms with Crippen molar-refractivity contribution in [1.82, 2.24) is 5.32 Å². The third kappa shape index (κ3) is 13.6. The number of quaternary nitrogens is 1. The number of nitrogens with one attached hydrogen (secondary N) is 1. The molecule has 4 nitrogen and oxygen atoms in total. The molecule has 0 aliphatic heterocycles. The van der Waals surface area contributed by atoms with Crippen molar-refractivity contribution in [2.24, 2.45) is 0 Å². The highest BCUT2D eigenvalue weighted by Gasteiger charge is 2.20. The summed E-state index contributed by atoms with van der Waals surface area (Å²) >= 11 is 0. The van der Waals surface area contributed by atoms with Crippen molar-refractivity contribution in [1.29, 1.82) is 0 Å². The summed E-state index contributed by atoms with van der Waals surface area (Å²) in [6, 6.07) is 0.0770. The second-order valence-corrected chi connectivity index (χ2v) is 6.49. The predicted molar refractivity (Wildman–Crippen MR) is 80.3 cm³/mol. The first-order valence-corrected chi connectivity index (χ1v) is 7.60. The lowest BCUT2D eigenvalue weighted by molar-refractivity contribution is -0.871. The van der Waals surface area contributed by atoms with E-state index in [-0.39, 0.29) is 12.5 Å². The number of rotatable bonds is 12. The highest BCUT2D eigenvalue weighted by Crippen LogP contribution is 2.05. The van der Waals surface area contributed by atoms with Gasteiger partial charge in [-0.15, -0.1) is 0 Å². The molecular formula is C15H33N2O2+. The first kappa shape index (κ1) is 18.4. The molecule has 1 atom stereocenters. The number of carbonyl (C=O) groups is 1. The molecule has 0 aromatic rings. The van der Waals surface area contributed by atoms with Crippen molar-refractivity contribution < 1.29 is 14.4 Å². The molecule has 19 heavy (non-hydrogen) atoms. The van der Waals surface area contributed by atoms with Crippen LogP contribution in [0.5, 0.6) is 0 Å². The molecule has 0 saturated heterocycles. The Kier molecular flexibility index (Phi) is 9.88. The van der Waals surface area contributed by atoms with Gasteiger partial charge in [-0.2, -0.15) is 0 Å². The van der Waals surface area contributed by atoms with Gasteiger partial charge in [0.05, 0.1) is 40.2 Å². The Bertz CT molecular complexity index is 237. The highest BCUT2D eigenvalue weighted by atomic mass is 16.4. The Balaban J connectivity index is 3.77. The summed E-state index contributed by atoms with van der Waals surface area (Å²) in [4.78, 5) is 10.9. The van der Waals surface area contributed by atoms with Gasteiger partial charge in [-0.3, -0.25) is 4.79 Å². The minimum Gasteiger partial charge on any atom is -0.481 e. The minimum atomic E-state index is -0.714. The number of likely N-dealkylation sites (N-methyl/N-ethyl adjacent to an activating group) is 1. The van der Waals surface area contributed by atoms with Crippen LogP contribution in [0.2, 0.25) is 0 Å². The van der Waals surface area contributed by atoms with Gasteiger partial charge in [0, 0.05) is 0 Å². The van der Waals surface area contributed by atoms with Crippen LogP contribution >= 0.6 is 0 Å². The van der Waals surface area contributed by atoms with E-state index in [1.165, 1.54) is 32.1 Å². The normalized spacial score (nSPS) is 13.5. The average Bonchev–Trinajstić information content (AvgIpc) is 2.24. The fourth-order valence-corrected chi connectivity index (χ4v) is 2.28. The van der Waals surface area contributed by atoms with Gasteiger partial charge >= 0.3 is 5.97 Å². The zero-order valence-corrected chi connectivity index (χ0v) is 13.2. The van der Waals surface area contributed by atoms with Crippen molar-refractivity contribution in [2.45, 2.75) is 57.9 Å². The number of aliphatic carboxylic acids is 1. The lowest BCUT2D eigenvalue weighted by atomic mass is 10.1. The second-order valence-electron chi connectivity index (χ2n) is 6.49. The zero-order valence-electron chi connectivity index (χ0n) is 13.2. The maximum Gasteiger partial charge on any atom is 0.305 e. The molecule has 0 radical (unpaired) electrons. The van der Waals surface area contributed by atoms with E-state index in [1.807, 2.05) is 0 Å². The molecule has 0 aromatic heterocycles. The fourth-order valence-electron chi connectivity index (χ4n) is 2.28. The topological polar surface area (TPSA) is 49.3 Å². The summed E-state index contributed by atoms with van der Waals surface area (Å²) in [6.07, 6.45) is 7.85. The number of carboxylic acids is 1. The molecule has 0 bridgehead atoms. The van der Waals surface area contributed by atoms with E-state index in [0.717, 1.165) is 24.0 Å². The molecule has 0 saturated carbocycles. The lowest BCUT2D eigenvalue weighted by Crippen LogP contribution is -2.48. The van der Waals surface area contributed by atoms with Crippen LogP contribution in [0.15, 0.2) is 0 Å². The zero-order chi connectivity index (χ0) is 14.7. The molecule has 0 fully saturated rings. The van der Waals surface area contributed by atoms with Crippen LogP contribution in [-0.4, -0.2) is 55.8 Å². The van der Waals surface area contributed by atoms with Gasteiger partial charge in [0.2, 0.25) is 0 Å². The Morgan fingerprint density at radius 3 is 2.21 bits per heavy atom. The first-order valence-electron chi connectivity index (χ1n) is 7.60. The summed E-state index contributed by atoms with van der Waals surface area (Å²) in [7, 11) is 6.30. The summed E-state index contributed by atoms with van der Waals surface area (Å²) < 4.78 is 0.793. The minimum absolute atomic E-state index is 0.0770. The van der Waals surface area contributed by atoms with Crippen LogP contribution < -0.4 is 5.32 Å². The van der Waals surface area contributed by atoms with Gasteiger partial charge < -0.3 is 14.9 Å². The second kappa shape index (κ2) is 10.2. The summed E-state index contributed by atoms with van der Waals surface area (Å²) in [6.45, 7) is 4.01. The number of nitrogens with zero attached hydrogens (tertiary/aromatic N) is 1. The van der Waals surface area contributed by atoms with Crippen molar-refractivity contribution in [3.8, 4) is 0 Å². The van der Waals surface area contributed by atoms with Crippen molar-refractivity contribution in [3.05, 3.63) is 0 Å². The van der Waals surface area contributed by atoms with Crippen molar-refractivity contribution in [2.75, 3.05) is 34.2 Å². The number of unbranched alkanes of at least 4 members (excludes halogenated alkanes) is 5. The average molecular weight is 273 g/mol. The monoisotopic (exact) mass is 273 g/mol. The third-order valence-corrected chi connectivity index (χ3v) is 3.15. The van der Waals surface area contributed by atoms with Crippen LogP contribution in [0.25, 0.3) is 0 Å². The molecule has 0 aliphatic carbocycles. The fraction of sp³-hybridized carbons (Fsp3) is 0.933. The predicted octanol–water partition coefficient (Wildman–Crippen LogP) is 2.49. The number of carboxylic acid groups (broad SMARTS) is 1. The number of hydrogen-bond acceptors (Lipinski definition) is 2. The van der Waals surface area contributed by atoms with Gasteiger partial charge in [-0.1, -0.05) is 39.0 Å². The van der Waals surface area contributed by atoms with E-state index in [1.54, 1.807) is 0 Å². The largest absolute Gasteiger partial charge is 0.481 e. The van der Waals surface area contributed by atoms with Crippen molar-refractivity contribution >= 4 is 5.97 Å². The molecule has 0 unspecified atom stereocenters. The smallest absolute Gasteiger partial charge is 0.305 e. The number of hydrogen-bond donors (Lipinski definition) is 2. The van der Waals surface area contributed by atoms with Gasteiger partial charge in [-0.25, -0.2) is 0 Å². The molecule has 2 N–H and O–H groups in total. The molecule has 4 heteroatoms. The van der Waals surface area contributed by atoms with Crippen LogP contribution in [0, 0.1) is 0 Å². The van der Waals surface area contributed by atoms with Gasteiger partial charge in [0.25, 0.3) is 0 Å². The van der Waals surface area contributed by atoms with Crippen molar-refractivity contribution in [3.63, 3.8) is 0 Å². The maximum absolute atomic E-state index is 10.9. The van der Waals surface area contributed by atoms with Gasteiger partial charge in [0.15, 0.2) is 0 Å². The van der Waals surface area contributed by atoms with Crippen LogP contribution in [0.1, 0.15) is 51.9 Å². The Morgan fingerprint density at radius 2 is 1.68 bits per heavy atom. The standard InChI is InChI=1S/C15H32N2O2/c1-5-6-7-8-9-10-11-16-14(12-15(18)19)13-17(2,3)4/h14,16H,5-13H2,1-4H3/p+1/t14-/m1/s1. The lowest BCUT2D eigenvalue weighted by Gasteiger charge is -2.29. The Labute approximate surface area is 118 Å². The van der Waals surface area contributed by atoms with E-state index in [4.69, 9.17) is 5.11 Å². The molecule has 114 valence electrons. The molecular weight excluding hydrogens is 240 g/mol. The molecule has 0 aliphatic rings. The molecule has 0 spiro atoms. The quantitative estimate of drug-likeness (QED) is 0.424. The molecule has 0 heterocycles. The molecule has 0 aromatic carbocycles. The Hall–Kier alpha value is -0.610. The van der Waals surface area contributed by atoms with E-state index in [9.17, 15) is 4.79 Å². The first-order chi connectivity index (χ1) is 8.85. The van der Waals surface area contributed by atoms with Gasteiger partial charge in [0.1, 0.15) is 0 Å². The summed E-state index contributed by atoms with van der Waals surface area (Å²) in [5.74, 6) is -0.714. The van der Waals surface area contributed by atoms with Crippen LogP contribution in [-0.2, 0) is 4.79 Å². The van der Waals surface area contributed by atoms with Crippen LogP contribution in [0.4, 0.5) is 0 Å². The Morgan fingerprint density at radius 1 is 1.11 bits per heavy atom. The maximum atomic E-state index is 10.9. The van der Waals surface area contributed by atoms with E-state index in [2.05, 4.69) is 33.4 Å². The van der Waals surface area contributed by atoms with E-state index in [0.29, 0.717) is 0 Å². The van der Waals surface area contributed by atoms with Crippen LogP contribution in [0.3, 0.4) is 0 Å². The van der Waals surface area contributed by atoms with Gasteiger partial charge in [-0.05, 0) is 13.0 Å². The molecule has 0 amide bonds. The SMILES string of the molecule is CCCCCCCCN[C@H](CC(=O)O)C[N+](C)(C)C. The van der Waals surface area contributed by atoms with E-state index < -0.39 is 5.97 Å². The third-order valence-electron chi connectivity index (χ3n) is 3.15. The summed E-state index contributed by atoms with van der Waals surface area (Å²) in [5, 5.41) is 12.3. The van der Waals surface area contributed by atoms with E-state index >= 15 is 0 Å². The highest BCUT2D eigenvalue weighted by molar-refractivity contribution is 5.67. The summed E-state index contributed by atoms with van der Waals surface area (Å²) in [5.41, 5.74) is 0. The molecule has 0 rings (SSSR count).